The van der Waals surface area contributed by atoms with Gasteiger partial charge in [-0.2, -0.15) is 5.26 Å². The number of carboxylic acids is 8. The number of carbonyl (C=O) groups is 8. The van der Waals surface area contributed by atoms with Crippen molar-refractivity contribution in [1.82, 2.24) is 19.9 Å². The number of rotatable bonds is 27. The molecule has 0 atom stereocenters. The molecule has 22 nitrogen and oxygen atoms in total. The number of aliphatic hydroxyl groups excluding tert-OH is 1. The zero-order valence-electron chi connectivity index (χ0n) is 33.6. The summed E-state index contributed by atoms with van der Waals surface area (Å²) in [5.74, 6) is -10.2. The van der Waals surface area contributed by atoms with E-state index >= 15 is 0 Å². The van der Waals surface area contributed by atoms with Crippen LogP contribution in [0, 0.1) is 11.3 Å². The summed E-state index contributed by atoms with van der Waals surface area (Å²) in [6.07, 6.45) is -5.98. The second kappa shape index (κ2) is 21.2. The first kappa shape index (κ1) is 48.0. The van der Waals surface area contributed by atoms with Gasteiger partial charge in [0.05, 0.1) is 32.3 Å². The van der Waals surface area contributed by atoms with Gasteiger partial charge in [-0.25, -0.2) is 0 Å². The summed E-state index contributed by atoms with van der Waals surface area (Å²) < 4.78 is 0. The summed E-state index contributed by atoms with van der Waals surface area (Å²) >= 11 is 0. The van der Waals surface area contributed by atoms with Crippen LogP contribution in [0.4, 0.5) is 0 Å². The Morgan fingerprint density at radius 2 is 0.619 bits per heavy atom. The zero-order chi connectivity index (χ0) is 46.7. The summed E-state index contributed by atoms with van der Waals surface area (Å²) in [7, 11) is 0. The molecule has 22 heteroatoms. The number of aliphatic hydroxyl groups is 1. The molecule has 0 unspecified atom stereocenters. The highest BCUT2D eigenvalue weighted by Gasteiger charge is 2.29. The summed E-state index contributed by atoms with van der Waals surface area (Å²) in [5.41, 5.74) is 2.50. The number of aliphatic carboxylic acids is 8. The highest BCUT2D eigenvalue weighted by molar-refractivity contribution is 5.76. The second-order valence-corrected chi connectivity index (χ2v) is 14.7. The first-order chi connectivity index (χ1) is 29.7. The van der Waals surface area contributed by atoms with Crippen molar-refractivity contribution in [3.8, 4) is 6.07 Å². The minimum absolute atomic E-state index is 0.0843. The minimum atomic E-state index is -1.34. The van der Waals surface area contributed by atoms with E-state index in [1.165, 1.54) is 0 Å². The normalized spacial score (nSPS) is 11.0. The molecule has 0 saturated heterocycles. The Bertz CT molecular complexity index is 2490. The number of carboxylic acid groups (broad SMARTS) is 8. The number of aromatic amines is 4. The van der Waals surface area contributed by atoms with Gasteiger partial charge >= 0.3 is 47.8 Å². The van der Waals surface area contributed by atoms with Gasteiger partial charge in [0.25, 0.3) is 0 Å². The number of H-pyrrole nitrogens is 4. The maximum Gasteiger partial charge on any atom is 0.307 e. The van der Waals surface area contributed by atoms with Crippen LogP contribution in [-0.4, -0.2) is 114 Å². The topological polar surface area (TPSA) is 406 Å². The van der Waals surface area contributed by atoms with E-state index in [2.05, 4.69) is 19.9 Å². The first-order valence-electron chi connectivity index (χ1n) is 19.3. The van der Waals surface area contributed by atoms with Crippen molar-refractivity contribution in [3.05, 3.63) is 90.1 Å². The average Bonchev–Trinajstić information content (AvgIpc) is 3.87. The smallest absolute Gasteiger partial charge is 0.307 e. The van der Waals surface area contributed by atoms with Crippen molar-refractivity contribution in [2.24, 2.45) is 0 Å². The molecule has 13 N–H and O–H groups in total. The number of nitrogens with one attached hydrogen (secondary N) is 4. The first-order valence-corrected chi connectivity index (χ1v) is 19.3. The van der Waals surface area contributed by atoms with Crippen LogP contribution in [0.3, 0.4) is 0 Å². The van der Waals surface area contributed by atoms with Crippen LogP contribution in [0.1, 0.15) is 116 Å². The van der Waals surface area contributed by atoms with Crippen LogP contribution in [0.15, 0.2) is 0 Å². The Hall–Kier alpha value is -7.67. The zero-order valence-corrected chi connectivity index (χ0v) is 33.6. The van der Waals surface area contributed by atoms with Gasteiger partial charge in [0.15, 0.2) is 0 Å². The van der Waals surface area contributed by atoms with Crippen molar-refractivity contribution in [3.63, 3.8) is 0 Å². The van der Waals surface area contributed by atoms with Crippen molar-refractivity contribution in [2.75, 3.05) is 0 Å². The van der Waals surface area contributed by atoms with E-state index in [-0.39, 0.29) is 135 Å². The van der Waals surface area contributed by atoms with Crippen LogP contribution in [0.2, 0.25) is 0 Å². The molecule has 0 aromatic carbocycles. The molecule has 63 heavy (non-hydrogen) atoms. The molecule has 4 aromatic heterocycles. The van der Waals surface area contributed by atoms with E-state index < -0.39 is 106 Å². The number of aromatic nitrogens is 4. The summed E-state index contributed by atoms with van der Waals surface area (Å²) in [6.45, 7) is -0.655. The molecule has 0 amide bonds. The molecule has 4 aromatic rings. The van der Waals surface area contributed by atoms with Crippen molar-refractivity contribution >= 4 is 47.8 Å². The standard InChI is InChI=1S/C41H45N5O17/c42-16-32-21(4-8-37(54)55)24(11-40(60)61)31(45-32)14-27-19(2-6-35(50)51)22(9-38(56)57)29(44-27)13-26-18(1-5-34(48)49)23(10-39(58)59)30(43-26)15-28-20(3-7-36(52)53)25(12-41(62)63)33(17-47)46-28/h43-47H,1-15,17H2,(H,48,49)(H,50,51)(H,52,53)(H,54,55)(H,56,57)(H,58,59)(H,60,61)(H,62,63). The Balaban J connectivity index is 1.98. The Kier molecular flexibility index (Phi) is 16.2. The van der Waals surface area contributed by atoms with Gasteiger partial charge in [0.1, 0.15) is 11.8 Å². The molecule has 0 radical (unpaired) electrons. The third-order valence-corrected chi connectivity index (χ3v) is 10.5. The van der Waals surface area contributed by atoms with Crippen molar-refractivity contribution in [2.45, 2.75) is 103 Å². The second-order valence-electron chi connectivity index (χ2n) is 14.7. The number of nitrogens with zero attached hydrogens (tertiary/aromatic N) is 1. The molecule has 0 saturated carbocycles. The fourth-order valence-corrected chi connectivity index (χ4v) is 7.96. The molecular formula is C41H45N5O17. The van der Waals surface area contributed by atoms with E-state index in [1.54, 1.807) is 0 Å². The number of nitriles is 1. The fourth-order valence-electron chi connectivity index (χ4n) is 7.96. The number of hydrogen-bond acceptors (Lipinski definition) is 10. The van der Waals surface area contributed by atoms with Gasteiger partial charge in [-0.15, -0.1) is 0 Å². The molecule has 0 aliphatic rings. The lowest BCUT2D eigenvalue weighted by molar-refractivity contribution is -0.138. The lowest BCUT2D eigenvalue weighted by atomic mass is 9.94. The molecule has 4 heterocycles. The Morgan fingerprint density at radius 1 is 0.365 bits per heavy atom. The third-order valence-electron chi connectivity index (χ3n) is 10.5. The van der Waals surface area contributed by atoms with Gasteiger partial charge < -0.3 is 65.9 Å². The average molecular weight is 880 g/mol. The maximum absolute atomic E-state index is 12.4. The highest BCUT2D eigenvalue weighted by atomic mass is 16.4. The van der Waals surface area contributed by atoms with E-state index in [1.807, 2.05) is 6.07 Å². The molecule has 0 spiro atoms. The van der Waals surface area contributed by atoms with Crippen molar-refractivity contribution in [1.29, 1.82) is 5.26 Å². The number of hydrogen-bond donors (Lipinski definition) is 13. The minimum Gasteiger partial charge on any atom is -0.481 e. The van der Waals surface area contributed by atoms with Crippen molar-refractivity contribution < 1.29 is 84.3 Å². The summed E-state index contributed by atoms with van der Waals surface area (Å²) in [5, 5.41) is 97.6. The largest absolute Gasteiger partial charge is 0.481 e. The third kappa shape index (κ3) is 12.7. The van der Waals surface area contributed by atoms with E-state index in [0.717, 1.165) is 0 Å². The van der Waals surface area contributed by atoms with Gasteiger partial charge in [-0.3, -0.25) is 38.4 Å². The highest BCUT2D eigenvalue weighted by Crippen LogP contribution is 2.33. The van der Waals surface area contributed by atoms with E-state index in [9.17, 15) is 89.6 Å². The molecule has 0 aliphatic heterocycles. The SMILES string of the molecule is N#Cc1[nH]c(Cc2[nH]c(Cc3[nH]c(Cc4[nH]c(CO)c(CC(=O)O)c4CCC(=O)O)c(CC(=O)O)c3CCC(=O)O)c(CC(=O)O)c2CCC(=O)O)c(CC(=O)O)c1CCC(=O)O. The lowest BCUT2D eigenvalue weighted by Gasteiger charge is -2.09. The van der Waals surface area contributed by atoms with Crippen LogP contribution in [0.25, 0.3) is 0 Å². The predicted molar refractivity (Wildman–Crippen MR) is 211 cm³/mol. The van der Waals surface area contributed by atoms with Crippen LogP contribution >= 0.6 is 0 Å². The van der Waals surface area contributed by atoms with Crippen LogP contribution in [0.5, 0.6) is 0 Å². The molecular weight excluding hydrogens is 834 g/mol. The van der Waals surface area contributed by atoms with E-state index in [0.29, 0.717) is 0 Å². The maximum atomic E-state index is 12.4. The van der Waals surface area contributed by atoms with Gasteiger partial charge in [-0.05, 0) is 70.2 Å². The molecule has 0 fully saturated rings. The Labute approximate surface area is 355 Å². The van der Waals surface area contributed by atoms with E-state index in [4.69, 9.17) is 0 Å². The monoisotopic (exact) mass is 879 g/mol. The lowest BCUT2D eigenvalue weighted by Crippen LogP contribution is -2.09. The van der Waals surface area contributed by atoms with Crippen LogP contribution < -0.4 is 0 Å². The van der Waals surface area contributed by atoms with Gasteiger partial charge in [0, 0.05) is 84.8 Å². The fraction of sp³-hybridized carbons (Fsp3) is 0.390. The quantitative estimate of drug-likeness (QED) is 0.0405. The molecule has 336 valence electrons. The predicted octanol–water partition coefficient (Wildman–Crippen LogP) is 1.71. The molecule has 4 rings (SSSR count). The summed E-state index contributed by atoms with van der Waals surface area (Å²) in [6, 6.07) is 1.90. The van der Waals surface area contributed by atoms with Gasteiger partial charge in [0.2, 0.25) is 0 Å². The van der Waals surface area contributed by atoms with Gasteiger partial charge in [-0.1, -0.05) is 0 Å². The van der Waals surface area contributed by atoms with Crippen LogP contribution in [-0.2, 0) is 116 Å². The molecule has 0 bridgehead atoms. The molecule has 0 aliphatic carbocycles. The summed E-state index contributed by atoms with van der Waals surface area (Å²) in [4.78, 5) is 107. The Morgan fingerprint density at radius 3 is 0.905 bits per heavy atom.